The van der Waals surface area contributed by atoms with E-state index in [9.17, 15) is 18.3 Å². The number of nitrogens with zero attached hydrogens (tertiary/aromatic N) is 2. The first-order valence-electron chi connectivity index (χ1n) is 5.86. The fraction of sp³-hybridized carbons (Fsp3) is 0.167. The highest BCUT2D eigenvalue weighted by Crippen LogP contribution is 2.36. The monoisotopic (exact) mass is 293 g/mol. The van der Waals surface area contributed by atoms with E-state index in [0.29, 0.717) is 11.3 Å². The average molecular weight is 293 g/mol. The van der Waals surface area contributed by atoms with Crippen LogP contribution in [0.1, 0.15) is 5.56 Å². The highest BCUT2D eigenvalue weighted by atomic mass is 32.2. The van der Waals surface area contributed by atoms with Crippen LogP contribution in [-0.4, -0.2) is 35.7 Å². The van der Waals surface area contributed by atoms with E-state index in [-0.39, 0.29) is 11.4 Å². The summed E-state index contributed by atoms with van der Waals surface area (Å²) in [5, 5.41) is 15.1. The minimum atomic E-state index is -3.97. The van der Waals surface area contributed by atoms with Gasteiger partial charge in [0.2, 0.25) is 0 Å². The van der Waals surface area contributed by atoms with E-state index in [0.717, 1.165) is 4.31 Å². The number of aromatic nitrogens is 2. The molecule has 0 aliphatic carbocycles. The van der Waals surface area contributed by atoms with Crippen LogP contribution in [0.2, 0.25) is 0 Å². The maximum Gasteiger partial charge on any atom is 0.327 e. The van der Waals surface area contributed by atoms with Gasteiger partial charge in [-0.25, -0.2) is 4.79 Å². The molecule has 104 valence electrons. The summed E-state index contributed by atoms with van der Waals surface area (Å²) < 4.78 is 26.1. The number of hydrogen-bond donors (Lipinski definition) is 2. The molecule has 0 saturated carbocycles. The zero-order chi connectivity index (χ0) is 14.3. The van der Waals surface area contributed by atoms with E-state index in [2.05, 4.69) is 10.2 Å². The van der Waals surface area contributed by atoms with Crippen LogP contribution < -0.4 is 4.31 Å². The summed E-state index contributed by atoms with van der Waals surface area (Å²) in [6.45, 7) is 0. The maximum absolute atomic E-state index is 12.6. The van der Waals surface area contributed by atoms with Crippen molar-refractivity contribution in [2.24, 2.45) is 0 Å². The average Bonchev–Trinajstić information content (AvgIpc) is 3.06. The first-order chi connectivity index (χ1) is 9.51. The van der Waals surface area contributed by atoms with E-state index in [1.54, 1.807) is 24.3 Å². The van der Waals surface area contributed by atoms with Gasteiger partial charge in [0, 0.05) is 6.42 Å². The molecule has 0 amide bonds. The first kappa shape index (κ1) is 12.7. The number of H-pyrrole nitrogens is 1. The van der Waals surface area contributed by atoms with Gasteiger partial charge in [-0.2, -0.15) is 13.5 Å². The molecule has 1 atom stereocenters. The lowest BCUT2D eigenvalue weighted by Gasteiger charge is -2.23. The third-order valence-corrected chi connectivity index (χ3v) is 4.97. The quantitative estimate of drug-likeness (QED) is 0.863. The van der Waals surface area contributed by atoms with Crippen molar-refractivity contribution in [1.29, 1.82) is 0 Å². The summed E-state index contributed by atoms with van der Waals surface area (Å²) in [6.07, 6.45) is 1.46. The number of rotatable bonds is 3. The van der Waals surface area contributed by atoms with Crippen molar-refractivity contribution in [2.75, 3.05) is 4.31 Å². The second-order valence-electron chi connectivity index (χ2n) is 4.41. The molecular formula is C12H11N3O4S. The van der Waals surface area contributed by atoms with Crippen LogP contribution in [-0.2, 0) is 21.2 Å². The Morgan fingerprint density at radius 1 is 1.35 bits per heavy atom. The molecule has 0 radical (unpaired) electrons. The molecule has 20 heavy (non-hydrogen) atoms. The molecule has 0 bridgehead atoms. The van der Waals surface area contributed by atoms with Crippen molar-refractivity contribution in [2.45, 2.75) is 17.5 Å². The van der Waals surface area contributed by atoms with Gasteiger partial charge in [-0.05, 0) is 17.7 Å². The van der Waals surface area contributed by atoms with Crippen LogP contribution in [0.15, 0.2) is 41.6 Å². The Morgan fingerprint density at radius 3 is 2.75 bits per heavy atom. The van der Waals surface area contributed by atoms with E-state index in [4.69, 9.17) is 0 Å². The number of carboxylic acids is 1. The summed E-state index contributed by atoms with van der Waals surface area (Å²) in [4.78, 5) is 11.4. The van der Waals surface area contributed by atoms with E-state index in [1.165, 1.54) is 12.3 Å². The number of carbonyl (C=O) groups is 1. The van der Waals surface area contributed by atoms with Gasteiger partial charge in [0.25, 0.3) is 10.0 Å². The molecule has 8 heteroatoms. The van der Waals surface area contributed by atoms with Crippen LogP contribution in [0.5, 0.6) is 0 Å². The molecule has 2 aromatic rings. The zero-order valence-electron chi connectivity index (χ0n) is 10.2. The molecule has 0 saturated heterocycles. The Morgan fingerprint density at radius 2 is 2.10 bits per heavy atom. The minimum absolute atomic E-state index is 0.125. The van der Waals surface area contributed by atoms with Gasteiger partial charge >= 0.3 is 5.97 Å². The second-order valence-corrected chi connectivity index (χ2v) is 6.19. The number of sulfonamides is 1. The Balaban J connectivity index is 2.17. The molecule has 3 rings (SSSR count). The van der Waals surface area contributed by atoms with E-state index >= 15 is 0 Å². The van der Waals surface area contributed by atoms with Crippen LogP contribution in [0.3, 0.4) is 0 Å². The number of para-hydroxylation sites is 1. The van der Waals surface area contributed by atoms with Crippen LogP contribution >= 0.6 is 0 Å². The largest absolute Gasteiger partial charge is 0.480 e. The van der Waals surface area contributed by atoms with Gasteiger partial charge in [-0.3, -0.25) is 9.40 Å². The number of aromatic amines is 1. The lowest BCUT2D eigenvalue weighted by Crippen LogP contribution is -2.42. The number of aliphatic carboxylic acids is 1. The summed E-state index contributed by atoms with van der Waals surface area (Å²) >= 11 is 0. The Labute approximate surface area is 114 Å². The van der Waals surface area contributed by atoms with Gasteiger partial charge in [0.1, 0.15) is 6.04 Å². The van der Waals surface area contributed by atoms with Gasteiger partial charge in [-0.1, -0.05) is 18.2 Å². The predicted octanol–water partition coefficient (Wildman–Crippen LogP) is 0.614. The fourth-order valence-corrected chi connectivity index (χ4v) is 3.88. The fourth-order valence-electron chi connectivity index (χ4n) is 2.33. The Hall–Kier alpha value is -2.35. The number of nitrogens with one attached hydrogen (secondary N) is 1. The number of benzene rings is 1. The summed E-state index contributed by atoms with van der Waals surface area (Å²) in [5.41, 5.74) is 1.09. The normalized spacial score (nSPS) is 18.0. The number of hydrogen-bond acceptors (Lipinski definition) is 4. The van der Waals surface area contributed by atoms with E-state index in [1.807, 2.05) is 0 Å². The molecule has 1 aromatic heterocycles. The lowest BCUT2D eigenvalue weighted by molar-refractivity contribution is -0.138. The second kappa shape index (κ2) is 4.34. The van der Waals surface area contributed by atoms with Crippen molar-refractivity contribution < 1.29 is 18.3 Å². The van der Waals surface area contributed by atoms with Crippen molar-refractivity contribution in [1.82, 2.24) is 10.2 Å². The van der Waals surface area contributed by atoms with Crippen LogP contribution in [0, 0.1) is 0 Å². The molecule has 2 heterocycles. The van der Waals surface area contributed by atoms with Crippen molar-refractivity contribution in [3.63, 3.8) is 0 Å². The summed E-state index contributed by atoms with van der Waals surface area (Å²) in [6, 6.07) is 6.93. The van der Waals surface area contributed by atoms with Crippen molar-refractivity contribution in [3.05, 3.63) is 42.1 Å². The molecule has 1 aliphatic rings. The molecule has 2 N–H and O–H groups in total. The molecule has 0 unspecified atom stereocenters. The van der Waals surface area contributed by atoms with Crippen molar-refractivity contribution >= 4 is 21.7 Å². The predicted molar refractivity (Wildman–Crippen MR) is 69.8 cm³/mol. The lowest BCUT2D eigenvalue weighted by atomic mass is 10.1. The topological polar surface area (TPSA) is 103 Å². The Kier molecular flexibility index (Phi) is 2.75. The highest BCUT2D eigenvalue weighted by Gasteiger charge is 2.42. The maximum atomic E-state index is 12.6. The van der Waals surface area contributed by atoms with Gasteiger partial charge < -0.3 is 5.11 Å². The molecule has 0 spiro atoms. The number of carboxylic acid groups (broad SMARTS) is 1. The molecular weight excluding hydrogens is 282 g/mol. The molecule has 1 aliphatic heterocycles. The van der Waals surface area contributed by atoms with Gasteiger partial charge in [-0.15, -0.1) is 0 Å². The van der Waals surface area contributed by atoms with E-state index < -0.39 is 22.0 Å². The highest BCUT2D eigenvalue weighted by molar-refractivity contribution is 7.92. The number of fused-ring (bicyclic) bond motifs is 1. The third-order valence-electron chi connectivity index (χ3n) is 3.22. The summed E-state index contributed by atoms with van der Waals surface area (Å²) in [7, 11) is -3.97. The smallest absolute Gasteiger partial charge is 0.327 e. The first-order valence-corrected chi connectivity index (χ1v) is 7.30. The zero-order valence-corrected chi connectivity index (χ0v) is 11.0. The standard InChI is InChI=1S/C12H11N3O4S/c16-12(17)10-7-8-3-1-2-4-9(8)15(10)20(18,19)11-5-6-13-14-11/h1-6,10H,7H2,(H,13,14)(H,16,17)/t10-/m0/s1. The molecule has 1 aromatic carbocycles. The Bertz CT molecular complexity index is 755. The van der Waals surface area contributed by atoms with Crippen LogP contribution in [0.4, 0.5) is 5.69 Å². The third kappa shape index (κ3) is 1.76. The SMILES string of the molecule is O=C(O)[C@@H]1Cc2ccccc2N1S(=O)(=O)c1ccn[nH]1. The van der Waals surface area contributed by atoms with Crippen molar-refractivity contribution in [3.8, 4) is 0 Å². The number of anilines is 1. The van der Waals surface area contributed by atoms with Crippen LogP contribution in [0.25, 0.3) is 0 Å². The molecule has 7 nitrogen and oxygen atoms in total. The molecule has 0 fully saturated rings. The van der Waals surface area contributed by atoms with Gasteiger partial charge in [0.15, 0.2) is 5.03 Å². The minimum Gasteiger partial charge on any atom is -0.480 e. The summed E-state index contributed by atoms with van der Waals surface area (Å²) in [5.74, 6) is -1.18. The van der Waals surface area contributed by atoms with Gasteiger partial charge in [0.05, 0.1) is 11.9 Å².